The van der Waals surface area contributed by atoms with E-state index in [0.717, 1.165) is 40.9 Å². The Kier molecular flexibility index (Phi) is 4.89. The largest absolute Gasteiger partial charge is 0.461 e. The molecule has 1 aromatic carbocycles. The number of carbonyl (C=O) groups is 1. The van der Waals surface area contributed by atoms with Crippen LogP contribution in [-0.4, -0.2) is 16.1 Å². The molecule has 5 rings (SSSR count). The summed E-state index contributed by atoms with van der Waals surface area (Å²) in [5.74, 6) is 0.881. The van der Waals surface area contributed by atoms with Gasteiger partial charge in [0.1, 0.15) is 12.3 Å². The molecule has 1 aliphatic carbocycles. The van der Waals surface area contributed by atoms with E-state index >= 15 is 0 Å². The summed E-state index contributed by atoms with van der Waals surface area (Å²) in [7, 11) is 0. The Morgan fingerprint density at radius 2 is 2.03 bits per heavy atom. The van der Waals surface area contributed by atoms with Gasteiger partial charge < -0.3 is 13.7 Å². The highest BCUT2D eigenvalue weighted by molar-refractivity contribution is 7.18. The van der Waals surface area contributed by atoms with Crippen molar-refractivity contribution in [2.75, 3.05) is 0 Å². The highest BCUT2D eigenvalue weighted by Crippen LogP contribution is 2.41. The third kappa shape index (κ3) is 3.70. The van der Waals surface area contributed by atoms with E-state index in [1.54, 1.807) is 35.8 Å². The number of fused-ring (bicyclic) bond motifs is 1. The van der Waals surface area contributed by atoms with Crippen LogP contribution in [0.4, 0.5) is 0 Å². The Bertz CT molecular complexity index is 1080. The van der Waals surface area contributed by atoms with E-state index in [1.165, 1.54) is 0 Å². The summed E-state index contributed by atoms with van der Waals surface area (Å²) in [4.78, 5) is 17.7. The summed E-state index contributed by atoms with van der Waals surface area (Å²) in [6.07, 6.45) is 5.51. The Hall–Kier alpha value is -2.93. The van der Waals surface area contributed by atoms with Crippen molar-refractivity contribution in [3.8, 4) is 11.5 Å². The molecule has 1 saturated carbocycles. The quantitative estimate of drug-likeness (QED) is 0.402. The summed E-state index contributed by atoms with van der Waals surface area (Å²) in [5, 5.41) is 5.01. The first kappa shape index (κ1) is 18.1. The van der Waals surface area contributed by atoms with E-state index in [4.69, 9.17) is 18.7 Å². The lowest BCUT2D eigenvalue weighted by atomic mass is 9.79. The predicted molar refractivity (Wildman–Crippen MR) is 108 cm³/mol. The second kappa shape index (κ2) is 7.83. The van der Waals surface area contributed by atoms with Crippen LogP contribution in [0.1, 0.15) is 42.3 Å². The molecular weight excluding hydrogens is 388 g/mol. The lowest BCUT2D eigenvalue weighted by molar-refractivity contribution is -0.152. The van der Waals surface area contributed by atoms with Gasteiger partial charge >= 0.3 is 5.97 Å². The molecule has 0 bridgehead atoms. The number of furan rings is 1. The Morgan fingerprint density at radius 3 is 2.90 bits per heavy atom. The maximum absolute atomic E-state index is 12.9. The van der Waals surface area contributed by atoms with Crippen LogP contribution in [0.15, 0.2) is 57.7 Å². The second-order valence-electron chi connectivity index (χ2n) is 7.28. The number of benzene rings is 1. The molecule has 3 heterocycles. The molecule has 7 heteroatoms. The van der Waals surface area contributed by atoms with Crippen LogP contribution in [0, 0.1) is 5.92 Å². The van der Waals surface area contributed by atoms with Crippen molar-refractivity contribution < 1.29 is 18.5 Å². The normalized spacial score (nSPS) is 19.4. The fourth-order valence-corrected chi connectivity index (χ4v) is 5.09. The molecule has 0 unspecified atom stereocenters. The molecule has 0 saturated heterocycles. The van der Waals surface area contributed by atoms with Crippen LogP contribution in [0.25, 0.3) is 21.7 Å². The number of esters is 1. The van der Waals surface area contributed by atoms with Crippen LogP contribution in [0.5, 0.6) is 0 Å². The minimum Gasteiger partial charge on any atom is -0.461 e. The lowest BCUT2D eigenvalue weighted by Crippen LogP contribution is -2.27. The first-order valence-corrected chi connectivity index (χ1v) is 10.6. The summed E-state index contributed by atoms with van der Waals surface area (Å²) in [6, 6.07) is 13.4. The van der Waals surface area contributed by atoms with E-state index in [0.29, 0.717) is 17.2 Å². The van der Waals surface area contributed by atoms with Crippen LogP contribution >= 0.6 is 11.3 Å². The first-order valence-electron chi connectivity index (χ1n) is 9.79. The van der Waals surface area contributed by atoms with Gasteiger partial charge in [0.2, 0.25) is 5.76 Å². The van der Waals surface area contributed by atoms with Crippen LogP contribution < -0.4 is 0 Å². The number of ether oxygens (including phenoxy) is 1. The van der Waals surface area contributed by atoms with Gasteiger partial charge in [0.05, 0.1) is 27.4 Å². The Labute approximate surface area is 171 Å². The molecule has 0 aliphatic heterocycles. The second-order valence-corrected chi connectivity index (χ2v) is 8.35. The predicted octanol–water partition coefficient (Wildman–Crippen LogP) is 5.56. The van der Waals surface area contributed by atoms with Crippen molar-refractivity contribution in [1.82, 2.24) is 10.1 Å². The van der Waals surface area contributed by atoms with Gasteiger partial charge in [-0.1, -0.05) is 30.1 Å². The lowest BCUT2D eigenvalue weighted by Gasteiger charge is -2.28. The molecule has 4 aromatic rings. The number of nitrogens with zero attached hydrogens (tertiary/aromatic N) is 2. The SMILES string of the molecule is O=C(OCc1cc(-c2ccco2)on1)[C@H]1CCCC[C@@H]1c1nc2ccccc2s1. The van der Waals surface area contributed by atoms with E-state index in [1.807, 2.05) is 18.2 Å². The van der Waals surface area contributed by atoms with Gasteiger partial charge in [-0.05, 0) is 37.1 Å². The average molecular weight is 408 g/mol. The zero-order chi connectivity index (χ0) is 19.6. The molecule has 0 radical (unpaired) electrons. The fourth-order valence-electron chi connectivity index (χ4n) is 3.92. The smallest absolute Gasteiger partial charge is 0.310 e. The molecule has 0 amide bonds. The van der Waals surface area contributed by atoms with Gasteiger partial charge in [-0.2, -0.15) is 0 Å². The molecule has 0 N–H and O–H groups in total. The molecule has 2 atom stereocenters. The van der Waals surface area contributed by atoms with Gasteiger partial charge in [-0.15, -0.1) is 11.3 Å². The number of aromatic nitrogens is 2. The molecule has 3 aromatic heterocycles. The topological polar surface area (TPSA) is 78.4 Å². The molecule has 29 heavy (non-hydrogen) atoms. The van der Waals surface area contributed by atoms with Gasteiger partial charge in [0, 0.05) is 12.0 Å². The average Bonchev–Trinajstić information content (AvgIpc) is 3.52. The zero-order valence-corrected chi connectivity index (χ0v) is 16.6. The van der Waals surface area contributed by atoms with Crippen molar-refractivity contribution >= 4 is 27.5 Å². The van der Waals surface area contributed by atoms with Gasteiger partial charge in [-0.25, -0.2) is 4.98 Å². The number of para-hydroxylation sites is 1. The van der Waals surface area contributed by atoms with Crippen molar-refractivity contribution in [3.63, 3.8) is 0 Å². The zero-order valence-electron chi connectivity index (χ0n) is 15.7. The fraction of sp³-hybridized carbons (Fsp3) is 0.318. The Balaban J connectivity index is 1.28. The summed E-state index contributed by atoms with van der Waals surface area (Å²) >= 11 is 1.68. The van der Waals surface area contributed by atoms with Gasteiger partial charge in [-0.3, -0.25) is 4.79 Å². The molecular formula is C22H20N2O4S. The van der Waals surface area contributed by atoms with Crippen molar-refractivity contribution in [2.24, 2.45) is 5.92 Å². The third-order valence-electron chi connectivity index (χ3n) is 5.38. The molecule has 0 spiro atoms. The van der Waals surface area contributed by atoms with E-state index < -0.39 is 0 Å². The van der Waals surface area contributed by atoms with Crippen molar-refractivity contribution in [1.29, 1.82) is 0 Å². The number of rotatable bonds is 5. The maximum atomic E-state index is 12.9. The molecule has 6 nitrogen and oxygen atoms in total. The highest BCUT2D eigenvalue weighted by atomic mass is 32.1. The van der Waals surface area contributed by atoms with Gasteiger partial charge in [0.15, 0.2) is 5.76 Å². The number of thiazole rings is 1. The van der Waals surface area contributed by atoms with Crippen molar-refractivity contribution in [3.05, 3.63) is 59.4 Å². The Morgan fingerprint density at radius 1 is 1.14 bits per heavy atom. The summed E-state index contributed by atoms with van der Waals surface area (Å²) in [5.41, 5.74) is 1.57. The standard InChI is InChI=1S/C22H20N2O4S/c25-22(27-13-14-12-19(28-24-14)18-9-5-11-26-18)16-7-2-1-6-15(16)21-23-17-8-3-4-10-20(17)29-21/h3-5,8-12,15-16H,1-2,6-7,13H2/t15-,16-/m0/s1. The molecule has 1 fully saturated rings. The third-order valence-corrected chi connectivity index (χ3v) is 6.55. The maximum Gasteiger partial charge on any atom is 0.310 e. The number of hydrogen-bond donors (Lipinski definition) is 0. The monoisotopic (exact) mass is 408 g/mol. The van der Waals surface area contributed by atoms with Crippen LogP contribution in [-0.2, 0) is 16.1 Å². The van der Waals surface area contributed by atoms with E-state index in [-0.39, 0.29) is 24.4 Å². The summed E-state index contributed by atoms with van der Waals surface area (Å²) in [6.45, 7) is 0.0894. The summed E-state index contributed by atoms with van der Waals surface area (Å²) < 4.78 is 17.3. The van der Waals surface area contributed by atoms with E-state index in [9.17, 15) is 4.79 Å². The van der Waals surface area contributed by atoms with Gasteiger partial charge in [0.25, 0.3) is 0 Å². The first-order chi connectivity index (χ1) is 14.3. The minimum absolute atomic E-state index is 0.0894. The molecule has 1 aliphatic rings. The van der Waals surface area contributed by atoms with Crippen LogP contribution in [0.3, 0.4) is 0 Å². The number of carbonyl (C=O) groups excluding carboxylic acids is 1. The van der Waals surface area contributed by atoms with Crippen LogP contribution in [0.2, 0.25) is 0 Å². The van der Waals surface area contributed by atoms with Crippen molar-refractivity contribution in [2.45, 2.75) is 38.2 Å². The molecule has 148 valence electrons. The highest BCUT2D eigenvalue weighted by Gasteiger charge is 2.35. The number of hydrogen-bond acceptors (Lipinski definition) is 7. The minimum atomic E-state index is -0.184. The van der Waals surface area contributed by atoms with E-state index in [2.05, 4.69) is 11.2 Å².